The molecule has 0 spiro atoms. The minimum atomic E-state index is -4.56. The number of alkyl halides is 3. The van der Waals surface area contributed by atoms with Crippen molar-refractivity contribution in [2.45, 2.75) is 23.6 Å². The maximum Gasteiger partial charge on any atom is 0.416 e. The first kappa shape index (κ1) is 16.6. The molecular formula is C12H12F3NO5S. The van der Waals surface area contributed by atoms with Crippen LogP contribution in [0.2, 0.25) is 0 Å². The average molecular weight is 339 g/mol. The largest absolute Gasteiger partial charge is 0.465 e. The van der Waals surface area contributed by atoms with E-state index < -0.39 is 39.0 Å². The molecule has 6 nitrogen and oxygen atoms in total. The van der Waals surface area contributed by atoms with Crippen LogP contribution >= 0.6 is 0 Å². The average Bonchev–Trinajstić information content (AvgIpc) is 2.86. The second-order valence-corrected chi connectivity index (χ2v) is 6.28. The third kappa shape index (κ3) is 3.69. The van der Waals surface area contributed by atoms with E-state index in [1.165, 1.54) is 0 Å². The number of carbonyl (C=O) groups is 1. The number of rotatable bonds is 3. The second-order valence-electron chi connectivity index (χ2n) is 4.71. The van der Waals surface area contributed by atoms with Crippen molar-refractivity contribution in [3.05, 3.63) is 29.8 Å². The van der Waals surface area contributed by atoms with E-state index >= 15 is 0 Å². The van der Waals surface area contributed by atoms with Gasteiger partial charge in [-0.05, 0) is 30.7 Å². The number of amides is 1. The molecule has 0 radical (unpaired) electrons. The summed E-state index contributed by atoms with van der Waals surface area (Å²) in [4.78, 5) is 11.3. The summed E-state index contributed by atoms with van der Waals surface area (Å²) < 4.78 is 66.1. The molecule has 0 saturated carbocycles. The number of likely N-dealkylation sites (tertiary alicyclic amines) is 1. The molecule has 0 unspecified atom stereocenters. The maximum atomic E-state index is 12.4. The molecule has 1 N–H and O–H groups in total. The minimum absolute atomic E-state index is 0.102. The zero-order valence-electron chi connectivity index (χ0n) is 11.1. The van der Waals surface area contributed by atoms with Crippen LogP contribution in [0.5, 0.6) is 0 Å². The lowest BCUT2D eigenvalue weighted by atomic mass is 10.2. The maximum absolute atomic E-state index is 12.4. The third-order valence-corrected chi connectivity index (χ3v) is 4.52. The molecule has 1 fully saturated rings. The van der Waals surface area contributed by atoms with Gasteiger partial charge in [0.15, 0.2) is 0 Å². The molecule has 1 heterocycles. The second kappa shape index (κ2) is 5.76. The van der Waals surface area contributed by atoms with Gasteiger partial charge in [0, 0.05) is 6.54 Å². The van der Waals surface area contributed by atoms with E-state index in [1.54, 1.807) is 0 Å². The summed E-state index contributed by atoms with van der Waals surface area (Å²) in [6.07, 6.45) is -6.38. The SMILES string of the molecule is O=C(O)N1CC[C@H](OS(=O)(=O)c2ccc(C(F)(F)F)cc2)C1. The number of hydrogen-bond donors (Lipinski definition) is 1. The molecule has 0 bridgehead atoms. The van der Waals surface area contributed by atoms with Crippen molar-refractivity contribution in [1.82, 2.24) is 4.90 Å². The summed E-state index contributed by atoms with van der Waals surface area (Å²) in [6.45, 7) is 0.0394. The predicted octanol–water partition coefficient (Wildman–Crippen LogP) is 2.16. The first-order valence-corrected chi connectivity index (χ1v) is 7.59. The Morgan fingerprint density at radius 2 is 1.86 bits per heavy atom. The topological polar surface area (TPSA) is 83.9 Å². The van der Waals surface area contributed by atoms with Crippen LogP contribution in [0.25, 0.3) is 0 Å². The van der Waals surface area contributed by atoms with E-state index in [0.717, 1.165) is 17.0 Å². The Bertz CT molecular complexity index is 656. The molecule has 1 aliphatic rings. The number of nitrogens with zero attached hydrogens (tertiary/aromatic N) is 1. The summed E-state index contributed by atoms with van der Waals surface area (Å²) in [7, 11) is -4.24. The summed E-state index contributed by atoms with van der Waals surface area (Å²) in [5.74, 6) is 0. The molecule has 1 aromatic rings. The fraction of sp³-hybridized carbons (Fsp3) is 0.417. The molecule has 10 heteroatoms. The van der Waals surface area contributed by atoms with Crippen LogP contribution in [-0.4, -0.2) is 43.7 Å². The van der Waals surface area contributed by atoms with Crippen molar-refractivity contribution in [3.8, 4) is 0 Å². The van der Waals surface area contributed by atoms with Crippen molar-refractivity contribution < 1.29 is 35.7 Å². The van der Waals surface area contributed by atoms with Gasteiger partial charge >= 0.3 is 12.3 Å². The fourth-order valence-corrected chi connectivity index (χ4v) is 3.12. The standard InChI is InChI=1S/C12H12F3NO5S/c13-12(14,15)8-1-3-10(4-2-8)22(19,20)21-9-5-6-16(7-9)11(17)18/h1-4,9H,5-7H2,(H,17,18)/t9-/m0/s1. The summed E-state index contributed by atoms with van der Waals surface area (Å²) in [6, 6.07) is 2.91. The zero-order chi connectivity index (χ0) is 16.5. The van der Waals surface area contributed by atoms with E-state index in [2.05, 4.69) is 0 Å². The lowest BCUT2D eigenvalue weighted by Gasteiger charge is -2.13. The Kier molecular flexibility index (Phi) is 4.34. The number of benzene rings is 1. The monoisotopic (exact) mass is 339 g/mol. The number of hydrogen-bond acceptors (Lipinski definition) is 4. The van der Waals surface area contributed by atoms with Gasteiger partial charge in [0.05, 0.1) is 23.1 Å². The molecule has 0 aromatic heterocycles. The summed E-state index contributed by atoms with van der Waals surface area (Å²) in [5.41, 5.74) is -0.968. The molecule has 1 saturated heterocycles. The van der Waals surface area contributed by atoms with Crippen molar-refractivity contribution in [1.29, 1.82) is 0 Å². The van der Waals surface area contributed by atoms with E-state index in [4.69, 9.17) is 9.29 Å². The Balaban J connectivity index is 2.09. The van der Waals surface area contributed by atoms with Gasteiger partial charge in [-0.1, -0.05) is 0 Å². The molecule has 122 valence electrons. The van der Waals surface area contributed by atoms with Gasteiger partial charge in [-0.3, -0.25) is 4.18 Å². The summed E-state index contributed by atoms with van der Waals surface area (Å²) >= 11 is 0. The molecule has 1 aliphatic heterocycles. The molecule has 0 aliphatic carbocycles. The first-order chi connectivity index (χ1) is 10.1. The highest BCUT2D eigenvalue weighted by molar-refractivity contribution is 7.86. The predicted molar refractivity (Wildman–Crippen MR) is 67.7 cm³/mol. The molecular weight excluding hydrogens is 327 g/mol. The smallest absolute Gasteiger partial charge is 0.416 e. The Labute approximate surface area is 124 Å². The van der Waals surface area contributed by atoms with Crippen LogP contribution in [0.4, 0.5) is 18.0 Å². The Hall–Kier alpha value is -1.81. The Morgan fingerprint density at radius 1 is 1.27 bits per heavy atom. The van der Waals surface area contributed by atoms with Crippen molar-refractivity contribution in [2.75, 3.05) is 13.1 Å². The minimum Gasteiger partial charge on any atom is -0.465 e. The van der Waals surface area contributed by atoms with Gasteiger partial charge in [-0.2, -0.15) is 21.6 Å². The number of carboxylic acid groups (broad SMARTS) is 1. The van der Waals surface area contributed by atoms with Crippen LogP contribution < -0.4 is 0 Å². The highest BCUT2D eigenvalue weighted by atomic mass is 32.2. The zero-order valence-corrected chi connectivity index (χ0v) is 11.9. The van der Waals surface area contributed by atoms with Crippen molar-refractivity contribution in [2.24, 2.45) is 0 Å². The molecule has 1 amide bonds. The highest BCUT2D eigenvalue weighted by Crippen LogP contribution is 2.30. The van der Waals surface area contributed by atoms with Gasteiger partial charge in [0.2, 0.25) is 0 Å². The van der Waals surface area contributed by atoms with Gasteiger partial charge in [-0.25, -0.2) is 4.79 Å². The van der Waals surface area contributed by atoms with Crippen LogP contribution in [-0.2, 0) is 20.5 Å². The van der Waals surface area contributed by atoms with Gasteiger partial charge in [0.25, 0.3) is 10.1 Å². The highest BCUT2D eigenvalue weighted by Gasteiger charge is 2.33. The van der Waals surface area contributed by atoms with E-state index in [9.17, 15) is 26.4 Å². The lowest BCUT2D eigenvalue weighted by molar-refractivity contribution is -0.137. The first-order valence-electron chi connectivity index (χ1n) is 6.18. The van der Waals surface area contributed by atoms with E-state index in [-0.39, 0.29) is 19.5 Å². The molecule has 2 rings (SSSR count). The molecule has 1 aromatic carbocycles. The van der Waals surface area contributed by atoms with Crippen LogP contribution in [0.1, 0.15) is 12.0 Å². The number of halogens is 3. The quantitative estimate of drug-likeness (QED) is 0.853. The molecule has 22 heavy (non-hydrogen) atoms. The van der Waals surface area contributed by atoms with Crippen LogP contribution in [0.15, 0.2) is 29.2 Å². The van der Waals surface area contributed by atoms with Crippen LogP contribution in [0, 0.1) is 0 Å². The fourth-order valence-electron chi connectivity index (χ4n) is 2.03. The lowest BCUT2D eigenvalue weighted by Crippen LogP contribution is -2.29. The van der Waals surface area contributed by atoms with E-state index in [1.807, 2.05) is 0 Å². The summed E-state index contributed by atoms with van der Waals surface area (Å²) in [5, 5.41) is 8.77. The van der Waals surface area contributed by atoms with Gasteiger partial charge in [-0.15, -0.1) is 0 Å². The van der Waals surface area contributed by atoms with Crippen molar-refractivity contribution >= 4 is 16.2 Å². The Morgan fingerprint density at radius 3 is 2.32 bits per heavy atom. The molecule has 1 atom stereocenters. The van der Waals surface area contributed by atoms with E-state index in [0.29, 0.717) is 12.1 Å². The van der Waals surface area contributed by atoms with Gasteiger partial charge < -0.3 is 10.0 Å². The van der Waals surface area contributed by atoms with Crippen LogP contribution in [0.3, 0.4) is 0 Å². The van der Waals surface area contributed by atoms with Crippen molar-refractivity contribution in [3.63, 3.8) is 0 Å². The van der Waals surface area contributed by atoms with Gasteiger partial charge in [0.1, 0.15) is 0 Å². The third-order valence-electron chi connectivity index (χ3n) is 3.15. The normalized spacial score (nSPS) is 19.4.